The Morgan fingerprint density at radius 2 is 1.71 bits per heavy atom. The van der Waals surface area contributed by atoms with Crippen LogP contribution in [0.3, 0.4) is 0 Å². The van der Waals surface area contributed by atoms with Crippen molar-refractivity contribution in [1.29, 1.82) is 0 Å². The van der Waals surface area contributed by atoms with Crippen molar-refractivity contribution >= 4 is 29.4 Å². The lowest BCUT2D eigenvalue weighted by atomic mass is 10.3. The number of hydrogen-bond donors (Lipinski definition) is 0. The summed E-state index contributed by atoms with van der Waals surface area (Å²) >= 11 is 5.74. The zero-order chi connectivity index (χ0) is 13.0. The predicted octanol–water partition coefficient (Wildman–Crippen LogP) is 2.59. The molecular formula is C11H13ClN2O3. The van der Waals surface area contributed by atoms with E-state index in [0.717, 1.165) is 4.90 Å². The summed E-state index contributed by atoms with van der Waals surface area (Å²) in [5, 5.41) is 0.524. The van der Waals surface area contributed by atoms with Crippen LogP contribution in [0.25, 0.3) is 0 Å². The second-order valence-electron chi connectivity index (χ2n) is 3.46. The number of ether oxygens (including phenoxy) is 1. The molecule has 0 spiro atoms. The minimum atomic E-state index is -0.744. The van der Waals surface area contributed by atoms with Crippen LogP contribution < -0.4 is 4.90 Å². The highest BCUT2D eigenvalue weighted by Crippen LogP contribution is 2.19. The number of nitrogens with zero attached hydrogens (tertiary/aromatic N) is 2. The van der Waals surface area contributed by atoms with Crippen LogP contribution >= 0.6 is 11.6 Å². The third-order valence-electron chi connectivity index (χ3n) is 2.02. The fourth-order valence-electron chi connectivity index (χ4n) is 1.18. The molecule has 0 aliphatic carbocycles. The summed E-state index contributed by atoms with van der Waals surface area (Å²) < 4.78 is 4.57. The molecule has 92 valence electrons. The van der Waals surface area contributed by atoms with Crippen LogP contribution in [-0.4, -0.2) is 38.2 Å². The number of amides is 3. The number of rotatable bonds is 1. The van der Waals surface area contributed by atoms with Crippen molar-refractivity contribution in [1.82, 2.24) is 4.90 Å². The maximum Gasteiger partial charge on any atom is 0.422 e. The second kappa shape index (κ2) is 5.54. The van der Waals surface area contributed by atoms with E-state index in [0.29, 0.717) is 10.7 Å². The van der Waals surface area contributed by atoms with E-state index in [1.54, 1.807) is 38.4 Å². The van der Waals surface area contributed by atoms with Crippen LogP contribution in [0.1, 0.15) is 0 Å². The molecule has 0 aliphatic rings. The molecule has 0 fully saturated rings. The minimum Gasteiger partial charge on any atom is -0.452 e. The van der Waals surface area contributed by atoms with Crippen molar-refractivity contribution in [3.63, 3.8) is 0 Å². The molecule has 0 atom stereocenters. The van der Waals surface area contributed by atoms with E-state index in [1.165, 1.54) is 12.0 Å². The summed E-state index contributed by atoms with van der Waals surface area (Å²) in [4.78, 5) is 25.6. The number of methoxy groups -OCH3 is 1. The number of carbonyl (C=O) groups is 2. The number of anilines is 1. The molecule has 5 nitrogen and oxygen atoms in total. The standard InChI is InChI=1S/C11H13ClN2O3/c1-13(2)10(15)14(11(16)17-3)9-6-4-8(12)5-7-9/h4-7H,1-3H3. The van der Waals surface area contributed by atoms with Crippen molar-refractivity contribution in [2.24, 2.45) is 0 Å². The van der Waals surface area contributed by atoms with Gasteiger partial charge in [0.2, 0.25) is 0 Å². The van der Waals surface area contributed by atoms with Crippen molar-refractivity contribution in [3.8, 4) is 0 Å². The zero-order valence-electron chi connectivity index (χ0n) is 9.81. The highest BCUT2D eigenvalue weighted by molar-refractivity contribution is 6.30. The van der Waals surface area contributed by atoms with Gasteiger partial charge >= 0.3 is 12.1 Å². The first kappa shape index (κ1) is 13.3. The molecule has 17 heavy (non-hydrogen) atoms. The van der Waals surface area contributed by atoms with Gasteiger partial charge in [0.1, 0.15) is 0 Å². The Kier molecular flexibility index (Phi) is 4.34. The van der Waals surface area contributed by atoms with Crippen LogP contribution in [0, 0.1) is 0 Å². The van der Waals surface area contributed by atoms with Gasteiger partial charge in [-0.3, -0.25) is 0 Å². The van der Waals surface area contributed by atoms with Crippen molar-refractivity contribution in [2.75, 3.05) is 26.1 Å². The van der Waals surface area contributed by atoms with Crippen LogP contribution in [0.4, 0.5) is 15.3 Å². The molecule has 6 heteroatoms. The van der Waals surface area contributed by atoms with E-state index in [1.807, 2.05) is 0 Å². The van der Waals surface area contributed by atoms with Gasteiger partial charge in [0.25, 0.3) is 0 Å². The van der Waals surface area contributed by atoms with Gasteiger partial charge in [0.05, 0.1) is 12.8 Å². The smallest absolute Gasteiger partial charge is 0.422 e. The molecule has 0 saturated heterocycles. The highest BCUT2D eigenvalue weighted by atomic mass is 35.5. The lowest BCUT2D eigenvalue weighted by molar-refractivity contribution is 0.174. The minimum absolute atomic E-state index is 0.403. The average molecular weight is 257 g/mol. The summed E-state index contributed by atoms with van der Waals surface area (Å²) in [6, 6.07) is 5.84. The number of halogens is 1. The Morgan fingerprint density at radius 3 is 2.12 bits per heavy atom. The topological polar surface area (TPSA) is 49.9 Å². The van der Waals surface area contributed by atoms with Crippen molar-refractivity contribution in [3.05, 3.63) is 29.3 Å². The normalized spacial score (nSPS) is 9.65. The maximum absolute atomic E-state index is 11.8. The molecule has 0 aliphatic heterocycles. The van der Waals surface area contributed by atoms with Crippen molar-refractivity contribution in [2.45, 2.75) is 0 Å². The van der Waals surface area contributed by atoms with Crippen LogP contribution in [0.15, 0.2) is 24.3 Å². The Hall–Kier alpha value is -1.75. The van der Waals surface area contributed by atoms with E-state index in [4.69, 9.17) is 11.6 Å². The molecule has 0 bridgehead atoms. The molecule has 0 radical (unpaired) electrons. The molecular weight excluding hydrogens is 244 g/mol. The van der Waals surface area contributed by atoms with Gasteiger partial charge < -0.3 is 9.64 Å². The second-order valence-corrected chi connectivity index (χ2v) is 3.90. The SMILES string of the molecule is COC(=O)N(C(=O)N(C)C)c1ccc(Cl)cc1. The van der Waals surface area contributed by atoms with Crippen LogP contribution in [0.5, 0.6) is 0 Å². The fraction of sp³-hybridized carbons (Fsp3) is 0.273. The fourth-order valence-corrected chi connectivity index (χ4v) is 1.30. The van der Waals surface area contributed by atoms with Crippen molar-refractivity contribution < 1.29 is 14.3 Å². The number of urea groups is 1. The highest BCUT2D eigenvalue weighted by Gasteiger charge is 2.25. The summed E-state index contributed by atoms with van der Waals surface area (Å²) in [5.41, 5.74) is 0.403. The molecule has 1 aromatic carbocycles. The van der Waals surface area contributed by atoms with Gasteiger partial charge in [0.15, 0.2) is 0 Å². The molecule has 0 aromatic heterocycles. The number of imide groups is 1. The quantitative estimate of drug-likeness (QED) is 0.776. The van der Waals surface area contributed by atoms with E-state index in [2.05, 4.69) is 4.74 Å². The molecule has 3 amide bonds. The Balaban J connectivity index is 3.10. The summed E-state index contributed by atoms with van der Waals surface area (Å²) in [6.45, 7) is 0. The first-order chi connectivity index (χ1) is 7.97. The van der Waals surface area contributed by atoms with Gasteiger partial charge in [-0.2, -0.15) is 4.90 Å². The Labute approximate surface area is 105 Å². The third kappa shape index (κ3) is 3.10. The first-order valence-corrected chi connectivity index (χ1v) is 5.20. The largest absolute Gasteiger partial charge is 0.452 e. The number of carbonyl (C=O) groups excluding carboxylic acids is 2. The molecule has 0 saturated carbocycles. The summed E-state index contributed by atoms with van der Waals surface area (Å²) in [6.07, 6.45) is -0.744. The van der Waals surface area contributed by atoms with Gasteiger partial charge in [-0.05, 0) is 24.3 Å². The zero-order valence-corrected chi connectivity index (χ0v) is 10.6. The summed E-state index contributed by atoms with van der Waals surface area (Å²) in [5.74, 6) is 0. The van der Waals surface area contributed by atoms with E-state index >= 15 is 0 Å². The Morgan fingerprint density at radius 1 is 1.18 bits per heavy atom. The molecule has 1 rings (SSSR count). The van der Waals surface area contributed by atoms with Gasteiger partial charge in [-0.15, -0.1) is 0 Å². The van der Waals surface area contributed by atoms with E-state index in [-0.39, 0.29) is 0 Å². The van der Waals surface area contributed by atoms with Gasteiger partial charge in [-0.1, -0.05) is 11.6 Å². The molecule has 0 heterocycles. The monoisotopic (exact) mass is 256 g/mol. The van der Waals surface area contributed by atoms with Crippen LogP contribution in [0.2, 0.25) is 5.02 Å². The lowest BCUT2D eigenvalue weighted by Crippen LogP contribution is -2.43. The van der Waals surface area contributed by atoms with E-state index < -0.39 is 12.1 Å². The molecule has 0 unspecified atom stereocenters. The number of hydrogen-bond acceptors (Lipinski definition) is 3. The van der Waals surface area contributed by atoms with Gasteiger partial charge in [0, 0.05) is 19.1 Å². The Bertz CT molecular complexity index is 417. The third-order valence-corrected chi connectivity index (χ3v) is 2.27. The first-order valence-electron chi connectivity index (χ1n) is 4.82. The van der Waals surface area contributed by atoms with Crippen LogP contribution in [-0.2, 0) is 4.74 Å². The lowest BCUT2D eigenvalue weighted by Gasteiger charge is -2.23. The van der Waals surface area contributed by atoms with E-state index in [9.17, 15) is 9.59 Å². The van der Waals surface area contributed by atoms with Gasteiger partial charge in [-0.25, -0.2) is 9.59 Å². The predicted molar refractivity (Wildman–Crippen MR) is 65.4 cm³/mol. The average Bonchev–Trinajstić information content (AvgIpc) is 2.31. The summed E-state index contributed by atoms with van der Waals surface area (Å²) in [7, 11) is 4.32. The molecule has 1 aromatic rings. The number of benzene rings is 1. The molecule has 0 N–H and O–H groups in total. The maximum atomic E-state index is 11.8.